The smallest absolute Gasteiger partial charge is 0.381 e. The number of benzene rings is 2. The molecule has 0 saturated heterocycles. The Morgan fingerprint density at radius 1 is 0.964 bits per heavy atom. The molecule has 2 aromatic carbocycles. The van der Waals surface area contributed by atoms with Crippen LogP contribution in [0.2, 0.25) is 0 Å². The first-order chi connectivity index (χ1) is 13.0. The average molecular weight is 420 g/mol. The van der Waals surface area contributed by atoms with Crippen LogP contribution < -0.4 is 0 Å². The molecule has 2 atom stereocenters. The van der Waals surface area contributed by atoms with Gasteiger partial charge >= 0.3 is 6.18 Å². The number of halogens is 5. The standard InChI is InChI=1S/C19H17F5O3S/c1-27-13-4-5-14(10-13)28(25,26)18-7-3-11(8-15(18)19(22,23)24)12-2-6-16(20)17(21)9-12/h2-3,6-9,13-14H,4-5,10H2,1H3/t13-,14-/m1/s1. The topological polar surface area (TPSA) is 43.4 Å². The minimum absolute atomic E-state index is 0.00802. The summed E-state index contributed by atoms with van der Waals surface area (Å²) >= 11 is 0. The highest BCUT2D eigenvalue weighted by Crippen LogP contribution is 2.40. The van der Waals surface area contributed by atoms with Crippen molar-refractivity contribution >= 4 is 9.84 Å². The molecule has 0 heterocycles. The fourth-order valence-electron chi connectivity index (χ4n) is 3.43. The van der Waals surface area contributed by atoms with Crippen molar-refractivity contribution in [2.24, 2.45) is 0 Å². The van der Waals surface area contributed by atoms with Gasteiger partial charge < -0.3 is 4.74 Å². The van der Waals surface area contributed by atoms with Crippen LogP contribution in [0, 0.1) is 11.6 Å². The second-order valence-electron chi connectivity index (χ2n) is 6.68. The molecule has 9 heteroatoms. The molecule has 0 N–H and O–H groups in total. The number of rotatable bonds is 4. The summed E-state index contributed by atoms with van der Waals surface area (Å²) in [6.45, 7) is 0. The third-order valence-corrected chi connectivity index (χ3v) is 7.23. The molecule has 0 aliphatic heterocycles. The minimum Gasteiger partial charge on any atom is -0.381 e. The van der Waals surface area contributed by atoms with Gasteiger partial charge in [-0.3, -0.25) is 0 Å². The van der Waals surface area contributed by atoms with Crippen molar-refractivity contribution in [1.29, 1.82) is 0 Å². The first kappa shape index (κ1) is 20.7. The van der Waals surface area contributed by atoms with Gasteiger partial charge in [0.2, 0.25) is 0 Å². The number of alkyl halides is 3. The highest BCUT2D eigenvalue weighted by atomic mass is 32.2. The lowest BCUT2D eigenvalue weighted by Gasteiger charge is -2.18. The molecule has 0 bridgehead atoms. The lowest BCUT2D eigenvalue weighted by Crippen LogP contribution is -2.23. The second-order valence-corrected chi connectivity index (χ2v) is 8.87. The third-order valence-electron chi connectivity index (χ3n) is 4.95. The van der Waals surface area contributed by atoms with Crippen LogP contribution in [0.15, 0.2) is 41.3 Å². The van der Waals surface area contributed by atoms with E-state index in [0.29, 0.717) is 12.5 Å². The molecule has 0 aromatic heterocycles. The molecular formula is C19H17F5O3S. The molecule has 1 aliphatic carbocycles. The Balaban J connectivity index is 2.08. The predicted molar refractivity (Wildman–Crippen MR) is 92.4 cm³/mol. The van der Waals surface area contributed by atoms with Crippen LogP contribution in [0.1, 0.15) is 24.8 Å². The Morgan fingerprint density at radius 3 is 2.18 bits per heavy atom. The molecule has 0 unspecified atom stereocenters. The summed E-state index contributed by atoms with van der Waals surface area (Å²) < 4.78 is 98.2. The van der Waals surface area contributed by atoms with E-state index in [1.807, 2.05) is 0 Å². The Morgan fingerprint density at radius 2 is 1.61 bits per heavy atom. The minimum atomic E-state index is -4.93. The summed E-state index contributed by atoms with van der Waals surface area (Å²) in [5.74, 6) is -2.34. The molecule has 0 spiro atoms. The van der Waals surface area contributed by atoms with Crippen molar-refractivity contribution in [1.82, 2.24) is 0 Å². The normalized spacial score (nSPS) is 20.5. The van der Waals surface area contributed by atoms with Crippen molar-refractivity contribution in [3.8, 4) is 11.1 Å². The lowest BCUT2D eigenvalue weighted by atomic mass is 10.0. The predicted octanol–water partition coefficient (Wildman–Crippen LogP) is 4.99. The zero-order valence-electron chi connectivity index (χ0n) is 14.8. The van der Waals surface area contributed by atoms with E-state index in [0.717, 1.165) is 30.3 Å². The first-order valence-electron chi connectivity index (χ1n) is 8.47. The number of hydrogen-bond acceptors (Lipinski definition) is 3. The van der Waals surface area contributed by atoms with E-state index in [-0.39, 0.29) is 30.1 Å². The van der Waals surface area contributed by atoms with Gasteiger partial charge in [0, 0.05) is 7.11 Å². The monoisotopic (exact) mass is 420 g/mol. The van der Waals surface area contributed by atoms with E-state index in [1.54, 1.807) is 0 Å². The maximum atomic E-state index is 13.6. The van der Waals surface area contributed by atoms with Crippen molar-refractivity contribution in [3.05, 3.63) is 53.6 Å². The molecule has 28 heavy (non-hydrogen) atoms. The van der Waals surface area contributed by atoms with Crippen LogP contribution >= 0.6 is 0 Å². The van der Waals surface area contributed by atoms with Crippen LogP contribution in [0.5, 0.6) is 0 Å². The van der Waals surface area contributed by atoms with Gasteiger partial charge in [-0.1, -0.05) is 12.1 Å². The summed E-state index contributed by atoms with van der Waals surface area (Å²) in [7, 11) is -2.82. The summed E-state index contributed by atoms with van der Waals surface area (Å²) in [4.78, 5) is -0.812. The Bertz CT molecular complexity index is 986. The number of methoxy groups -OCH3 is 1. The van der Waals surface area contributed by atoms with Gasteiger partial charge in [-0.25, -0.2) is 17.2 Å². The zero-order chi connectivity index (χ0) is 20.7. The molecule has 152 valence electrons. The Hall–Kier alpha value is -2.00. The number of sulfone groups is 1. The third kappa shape index (κ3) is 3.91. The zero-order valence-corrected chi connectivity index (χ0v) is 15.6. The quantitative estimate of drug-likeness (QED) is 0.655. The molecule has 1 aliphatic rings. The fraction of sp³-hybridized carbons (Fsp3) is 0.368. The fourth-order valence-corrected chi connectivity index (χ4v) is 5.44. The van der Waals surface area contributed by atoms with Crippen molar-refractivity contribution < 1.29 is 35.1 Å². The van der Waals surface area contributed by atoms with E-state index in [2.05, 4.69) is 0 Å². The summed E-state index contributed by atoms with van der Waals surface area (Å²) in [5, 5.41) is -0.965. The summed E-state index contributed by atoms with van der Waals surface area (Å²) in [6, 6.07) is 5.39. The molecular weight excluding hydrogens is 403 g/mol. The van der Waals surface area contributed by atoms with Gasteiger partial charge in [0.1, 0.15) is 0 Å². The molecule has 2 aromatic rings. The van der Waals surface area contributed by atoms with Crippen LogP contribution in [-0.2, 0) is 20.8 Å². The second kappa shape index (κ2) is 7.44. The highest BCUT2D eigenvalue weighted by molar-refractivity contribution is 7.92. The van der Waals surface area contributed by atoms with E-state index < -0.39 is 43.4 Å². The SMILES string of the molecule is CO[C@@H]1CC[C@@H](S(=O)(=O)c2ccc(-c3ccc(F)c(F)c3)cc2C(F)(F)F)C1. The molecule has 1 saturated carbocycles. The van der Waals surface area contributed by atoms with Gasteiger partial charge in [-0.05, 0) is 54.7 Å². The maximum Gasteiger partial charge on any atom is 0.417 e. The molecule has 1 fully saturated rings. The van der Waals surface area contributed by atoms with Crippen molar-refractivity contribution in [2.45, 2.75) is 41.7 Å². The number of ether oxygens (including phenoxy) is 1. The summed E-state index contributed by atoms with van der Waals surface area (Å²) in [5.41, 5.74) is -1.38. The van der Waals surface area contributed by atoms with E-state index >= 15 is 0 Å². The van der Waals surface area contributed by atoms with Crippen LogP contribution in [0.4, 0.5) is 22.0 Å². The first-order valence-corrected chi connectivity index (χ1v) is 10.0. The molecule has 0 radical (unpaired) electrons. The lowest BCUT2D eigenvalue weighted by molar-refractivity contribution is -0.139. The molecule has 0 amide bonds. The van der Waals surface area contributed by atoms with Crippen LogP contribution in [-0.4, -0.2) is 26.9 Å². The Labute approximate surface area is 159 Å². The van der Waals surface area contributed by atoms with Gasteiger partial charge in [-0.2, -0.15) is 13.2 Å². The van der Waals surface area contributed by atoms with E-state index in [9.17, 15) is 30.4 Å². The largest absolute Gasteiger partial charge is 0.417 e. The Kier molecular flexibility index (Phi) is 5.51. The molecule has 3 rings (SSSR count). The van der Waals surface area contributed by atoms with Crippen LogP contribution in [0.3, 0.4) is 0 Å². The van der Waals surface area contributed by atoms with E-state index in [4.69, 9.17) is 4.74 Å². The van der Waals surface area contributed by atoms with Gasteiger partial charge in [0.05, 0.1) is 21.8 Å². The number of hydrogen-bond donors (Lipinski definition) is 0. The van der Waals surface area contributed by atoms with Gasteiger partial charge in [0.15, 0.2) is 21.5 Å². The maximum absolute atomic E-state index is 13.6. The van der Waals surface area contributed by atoms with Crippen molar-refractivity contribution in [2.75, 3.05) is 7.11 Å². The van der Waals surface area contributed by atoms with E-state index in [1.165, 1.54) is 7.11 Å². The van der Waals surface area contributed by atoms with Crippen LogP contribution in [0.25, 0.3) is 11.1 Å². The average Bonchev–Trinajstić information content (AvgIpc) is 3.13. The highest BCUT2D eigenvalue weighted by Gasteiger charge is 2.42. The van der Waals surface area contributed by atoms with Crippen molar-refractivity contribution in [3.63, 3.8) is 0 Å². The van der Waals surface area contributed by atoms with Gasteiger partial charge in [-0.15, -0.1) is 0 Å². The summed E-state index contributed by atoms with van der Waals surface area (Å²) in [6.07, 6.45) is -4.45. The molecule has 3 nitrogen and oxygen atoms in total. The van der Waals surface area contributed by atoms with Gasteiger partial charge in [0.25, 0.3) is 0 Å².